The van der Waals surface area contributed by atoms with Gasteiger partial charge in [0.1, 0.15) is 0 Å². The number of carbonyl (C=O) groups excluding carboxylic acids is 1. The summed E-state index contributed by atoms with van der Waals surface area (Å²) >= 11 is 0. The molecule has 0 aliphatic heterocycles. The van der Waals surface area contributed by atoms with E-state index in [0.717, 1.165) is 7.05 Å². The second-order valence-corrected chi connectivity index (χ2v) is 3.14. The van der Waals surface area contributed by atoms with Crippen LogP contribution in [0.25, 0.3) is 0 Å². The Balaban J connectivity index is 4.53. The Hall–Kier alpha value is -1.32. The lowest BCUT2D eigenvalue weighted by Crippen LogP contribution is -2.47. The van der Waals surface area contributed by atoms with Gasteiger partial charge in [0.2, 0.25) is 0 Å². The minimum Gasteiger partial charge on any atom is -0.339 e. The Morgan fingerprint density at radius 1 is 1.53 bits per heavy atom. The molecular weight excluding hydrogens is 216 g/mol. The Kier molecular flexibility index (Phi) is 4.52. The van der Waals surface area contributed by atoms with Crippen LogP contribution in [0.15, 0.2) is 0 Å². The van der Waals surface area contributed by atoms with E-state index in [9.17, 15) is 22.4 Å². The highest BCUT2D eigenvalue weighted by molar-refractivity contribution is 5.83. The maximum absolute atomic E-state index is 12.5. The topological polar surface area (TPSA) is 44.1 Å². The summed E-state index contributed by atoms with van der Waals surface area (Å²) in [5.74, 6) is -7.35. The third-order valence-electron chi connectivity index (χ3n) is 1.67. The average Bonchev–Trinajstić information content (AvgIpc) is 2.15. The van der Waals surface area contributed by atoms with Crippen molar-refractivity contribution in [3.05, 3.63) is 0 Å². The van der Waals surface area contributed by atoms with E-state index in [4.69, 9.17) is 5.26 Å². The Bertz CT molecular complexity index is 274. The number of hydrogen-bond donors (Lipinski definition) is 0. The van der Waals surface area contributed by atoms with Gasteiger partial charge in [-0.1, -0.05) is 0 Å². The molecule has 0 N–H and O–H groups in total. The second kappa shape index (κ2) is 4.96. The van der Waals surface area contributed by atoms with Gasteiger partial charge in [0.15, 0.2) is 0 Å². The number of halogens is 4. The molecule has 0 rings (SSSR count). The largest absolute Gasteiger partial charge is 0.383 e. The molecule has 0 aliphatic carbocycles. The molecule has 7 heteroatoms. The van der Waals surface area contributed by atoms with E-state index >= 15 is 0 Å². The number of alkyl halides is 4. The summed E-state index contributed by atoms with van der Waals surface area (Å²) in [4.78, 5) is 11.3. The predicted molar refractivity (Wildman–Crippen MR) is 43.4 cm³/mol. The summed E-state index contributed by atoms with van der Waals surface area (Å²) in [6, 6.07) is 1.71. The molecule has 0 heterocycles. The van der Waals surface area contributed by atoms with E-state index in [1.165, 1.54) is 6.92 Å². The van der Waals surface area contributed by atoms with E-state index in [1.54, 1.807) is 6.07 Å². The molecule has 1 amide bonds. The highest BCUT2D eigenvalue weighted by Crippen LogP contribution is 2.25. The zero-order valence-electron chi connectivity index (χ0n) is 8.18. The fraction of sp³-hybridized carbons (Fsp3) is 0.750. The van der Waals surface area contributed by atoms with Crippen molar-refractivity contribution in [3.63, 3.8) is 0 Å². The van der Waals surface area contributed by atoms with Gasteiger partial charge < -0.3 is 4.90 Å². The standard InChI is InChI=1S/C8H10F4N2O/c1-5(3-13)4-14(2)7(15)8(11,12)6(9)10/h5-6H,4H2,1-2H3. The molecule has 0 saturated heterocycles. The molecule has 0 aliphatic rings. The lowest BCUT2D eigenvalue weighted by Gasteiger charge is -2.23. The number of rotatable bonds is 4. The maximum Gasteiger partial charge on any atom is 0.383 e. The van der Waals surface area contributed by atoms with Crippen LogP contribution >= 0.6 is 0 Å². The third kappa shape index (κ3) is 3.38. The van der Waals surface area contributed by atoms with Crippen LogP contribution in [0.1, 0.15) is 6.92 Å². The molecule has 0 bridgehead atoms. The first-order valence-corrected chi connectivity index (χ1v) is 4.04. The van der Waals surface area contributed by atoms with Crippen molar-refractivity contribution in [3.8, 4) is 6.07 Å². The average molecular weight is 226 g/mol. The van der Waals surface area contributed by atoms with Crippen LogP contribution < -0.4 is 0 Å². The molecule has 0 spiro atoms. The summed E-state index contributed by atoms with van der Waals surface area (Å²) in [5, 5.41) is 8.35. The fourth-order valence-corrected chi connectivity index (χ4v) is 0.882. The van der Waals surface area contributed by atoms with E-state index in [1.807, 2.05) is 0 Å². The maximum atomic E-state index is 12.5. The first-order chi connectivity index (χ1) is 6.73. The monoisotopic (exact) mass is 226 g/mol. The van der Waals surface area contributed by atoms with Crippen molar-refractivity contribution < 1.29 is 22.4 Å². The van der Waals surface area contributed by atoms with Crippen LogP contribution in [-0.4, -0.2) is 36.7 Å². The smallest absolute Gasteiger partial charge is 0.339 e. The molecule has 0 radical (unpaired) electrons. The number of hydrogen-bond acceptors (Lipinski definition) is 2. The molecule has 0 aromatic heterocycles. The Labute approximate surface area is 84.3 Å². The van der Waals surface area contributed by atoms with Crippen LogP contribution in [0.5, 0.6) is 0 Å². The lowest BCUT2D eigenvalue weighted by atomic mass is 10.2. The minimum absolute atomic E-state index is 0.308. The van der Waals surface area contributed by atoms with Gasteiger partial charge in [-0.05, 0) is 6.92 Å². The van der Waals surface area contributed by atoms with Gasteiger partial charge in [-0.25, -0.2) is 8.78 Å². The molecule has 0 aromatic carbocycles. The van der Waals surface area contributed by atoms with E-state index in [0.29, 0.717) is 4.90 Å². The number of carbonyl (C=O) groups is 1. The molecule has 15 heavy (non-hydrogen) atoms. The Morgan fingerprint density at radius 2 is 2.00 bits per heavy atom. The van der Waals surface area contributed by atoms with Gasteiger partial charge in [0.05, 0.1) is 12.0 Å². The summed E-state index contributed by atoms with van der Waals surface area (Å²) in [5.41, 5.74) is 0. The molecule has 86 valence electrons. The van der Waals surface area contributed by atoms with Crippen molar-refractivity contribution in [2.45, 2.75) is 19.3 Å². The van der Waals surface area contributed by atoms with E-state index < -0.39 is 24.2 Å². The van der Waals surface area contributed by atoms with Crippen molar-refractivity contribution in [1.29, 1.82) is 5.26 Å². The highest BCUT2D eigenvalue weighted by atomic mass is 19.3. The van der Waals surface area contributed by atoms with Gasteiger partial charge in [-0.2, -0.15) is 14.0 Å². The van der Waals surface area contributed by atoms with Crippen LogP contribution in [0, 0.1) is 17.2 Å². The number of nitriles is 1. The van der Waals surface area contributed by atoms with Crippen molar-refractivity contribution >= 4 is 5.91 Å². The van der Waals surface area contributed by atoms with Gasteiger partial charge in [-0.15, -0.1) is 0 Å². The van der Waals surface area contributed by atoms with E-state index in [2.05, 4.69) is 0 Å². The first-order valence-electron chi connectivity index (χ1n) is 4.04. The van der Waals surface area contributed by atoms with Crippen molar-refractivity contribution in [2.24, 2.45) is 5.92 Å². The zero-order chi connectivity index (χ0) is 12.2. The Morgan fingerprint density at radius 3 is 2.33 bits per heavy atom. The molecule has 0 aromatic rings. The second-order valence-electron chi connectivity index (χ2n) is 3.14. The quantitative estimate of drug-likeness (QED) is 0.682. The highest BCUT2D eigenvalue weighted by Gasteiger charge is 2.50. The van der Waals surface area contributed by atoms with Crippen molar-refractivity contribution in [2.75, 3.05) is 13.6 Å². The predicted octanol–water partition coefficient (Wildman–Crippen LogP) is 1.50. The minimum atomic E-state index is -4.69. The first kappa shape index (κ1) is 13.7. The van der Waals surface area contributed by atoms with Gasteiger partial charge >= 0.3 is 12.3 Å². The van der Waals surface area contributed by atoms with Gasteiger partial charge in [-0.3, -0.25) is 4.79 Å². The van der Waals surface area contributed by atoms with E-state index in [-0.39, 0.29) is 6.54 Å². The molecular formula is C8H10F4N2O. The van der Waals surface area contributed by atoms with Crippen molar-refractivity contribution in [1.82, 2.24) is 4.90 Å². The number of amides is 1. The van der Waals surface area contributed by atoms with Crippen LogP contribution in [0.2, 0.25) is 0 Å². The van der Waals surface area contributed by atoms with Crippen LogP contribution in [-0.2, 0) is 4.79 Å². The SMILES string of the molecule is CC(C#N)CN(C)C(=O)C(F)(F)C(F)F. The van der Waals surface area contributed by atoms with Crippen LogP contribution in [0.3, 0.4) is 0 Å². The normalized spacial score (nSPS) is 13.5. The summed E-state index contributed by atoms with van der Waals surface area (Å²) in [6.07, 6.45) is -4.04. The molecule has 1 atom stereocenters. The van der Waals surface area contributed by atoms with Gasteiger partial charge in [0, 0.05) is 13.6 Å². The fourth-order valence-electron chi connectivity index (χ4n) is 0.882. The summed E-state index contributed by atoms with van der Waals surface area (Å²) in [6.45, 7) is 1.09. The zero-order valence-corrected chi connectivity index (χ0v) is 8.18. The third-order valence-corrected chi connectivity index (χ3v) is 1.67. The summed E-state index contributed by atoms with van der Waals surface area (Å²) < 4.78 is 48.6. The molecule has 0 saturated carbocycles. The lowest BCUT2D eigenvalue weighted by molar-refractivity contribution is -0.179. The molecule has 3 nitrogen and oxygen atoms in total. The van der Waals surface area contributed by atoms with Gasteiger partial charge in [0.25, 0.3) is 5.91 Å². The number of nitrogens with zero attached hydrogens (tertiary/aromatic N) is 2. The summed E-state index contributed by atoms with van der Waals surface area (Å²) in [7, 11) is 0.951. The van der Waals surface area contributed by atoms with Crippen LogP contribution in [0.4, 0.5) is 17.6 Å². The molecule has 0 fully saturated rings. The molecule has 1 unspecified atom stereocenters.